The number of nitrogens with zero attached hydrogens (tertiary/aromatic N) is 3. The Morgan fingerprint density at radius 1 is 1.33 bits per heavy atom. The number of ether oxygens (including phenoxy) is 1. The molecule has 0 fully saturated rings. The summed E-state index contributed by atoms with van der Waals surface area (Å²) in [4.78, 5) is 0. The first kappa shape index (κ1) is 13.9. The minimum absolute atomic E-state index is 0.111. The molecular weight excluding hydrogens is 264 g/mol. The van der Waals surface area contributed by atoms with Crippen molar-refractivity contribution in [3.05, 3.63) is 24.0 Å². The third-order valence-electron chi connectivity index (χ3n) is 3.81. The molecule has 21 heavy (non-hydrogen) atoms. The lowest BCUT2D eigenvalue weighted by Gasteiger charge is -2.21. The van der Waals surface area contributed by atoms with Gasteiger partial charge < -0.3 is 15.0 Å². The van der Waals surface area contributed by atoms with Crippen LogP contribution in [0, 0.1) is 5.92 Å². The minimum Gasteiger partial charge on any atom is -0.489 e. The normalized spacial score (nSPS) is 17.8. The van der Waals surface area contributed by atoms with Gasteiger partial charge in [-0.05, 0) is 44.4 Å². The van der Waals surface area contributed by atoms with Crippen molar-refractivity contribution in [3.8, 4) is 17.1 Å². The van der Waals surface area contributed by atoms with E-state index in [0.717, 1.165) is 35.9 Å². The average molecular weight is 286 g/mol. The average Bonchev–Trinajstić information content (AvgIpc) is 2.83. The Labute approximate surface area is 125 Å². The van der Waals surface area contributed by atoms with Crippen molar-refractivity contribution in [2.45, 2.75) is 46.3 Å². The van der Waals surface area contributed by atoms with E-state index in [1.54, 1.807) is 0 Å². The van der Waals surface area contributed by atoms with E-state index in [0.29, 0.717) is 11.6 Å². The summed E-state index contributed by atoms with van der Waals surface area (Å²) in [6.45, 7) is 7.22. The molecule has 2 heterocycles. The molecule has 112 valence electrons. The van der Waals surface area contributed by atoms with Crippen molar-refractivity contribution in [2.24, 2.45) is 5.92 Å². The number of benzene rings is 1. The van der Waals surface area contributed by atoms with Crippen LogP contribution in [0.5, 0.6) is 5.75 Å². The van der Waals surface area contributed by atoms with Crippen LogP contribution in [0.4, 0.5) is 5.69 Å². The minimum atomic E-state index is 0.111. The number of anilines is 1. The van der Waals surface area contributed by atoms with Crippen LogP contribution in [0.2, 0.25) is 0 Å². The molecule has 0 bridgehead atoms. The number of nitrogen functional groups attached to an aromatic ring is 1. The first-order valence-electron chi connectivity index (χ1n) is 7.53. The summed E-state index contributed by atoms with van der Waals surface area (Å²) in [7, 11) is 0. The zero-order chi connectivity index (χ0) is 15.0. The SMILES string of the molecule is CC1CCc2nnc(-c3ccc(OC(C)C)c(N)c3)n2C1. The number of aromatic nitrogens is 3. The van der Waals surface area contributed by atoms with E-state index >= 15 is 0 Å². The number of hydrogen-bond donors (Lipinski definition) is 1. The summed E-state index contributed by atoms with van der Waals surface area (Å²) in [6.07, 6.45) is 2.29. The number of fused-ring (bicyclic) bond motifs is 1. The maximum atomic E-state index is 6.10. The van der Waals surface area contributed by atoms with Crippen LogP contribution in [0.25, 0.3) is 11.4 Å². The third kappa shape index (κ3) is 2.73. The van der Waals surface area contributed by atoms with Crippen LogP contribution in [0.3, 0.4) is 0 Å². The van der Waals surface area contributed by atoms with Crippen molar-refractivity contribution < 1.29 is 4.74 Å². The molecule has 0 saturated heterocycles. The van der Waals surface area contributed by atoms with E-state index < -0.39 is 0 Å². The van der Waals surface area contributed by atoms with Gasteiger partial charge in [0.2, 0.25) is 0 Å². The van der Waals surface area contributed by atoms with E-state index in [1.165, 1.54) is 6.42 Å². The molecule has 0 radical (unpaired) electrons. The van der Waals surface area contributed by atoms with Crippen molar-refractivity contribution in [1.29, 1.82) is 0 Å². The van der Waals surface area contributed by atoms with Gasteiger partial charge in [-0.3, -0.25) is 0 Å². The molecule has 0 spiro atoms. The summed E-state index contributed by atoms with van der Waals surface area (Å²) in [5.74, 6) is 3.36. The standard InChI is InChI=1S/C16H22N4O/c1-10(2)21-14-6-5-12(8-13(14)17)16-19-18-15-7-4-11(3)9-20(15)16/h5-6,8,10-11H,4,7,9,17H2,1-3H3. The summed E-state index contributed by atoms with van der Waals surface area (Å²) in [6, 6.07) is 5.84. The number of hydrogen-bond acceptors (Lipinski definition) is 4. The highest BCUT2D eigenvalue weighted by Gasteiger charge is 2.21. The number of rotatable bonds is 3. The molecule has 1 aromatic heterocycles. The molecule has 3 rings (SSSR count). The molecule has 2 N–H and O–H groups in total. The predicted molar refractivity (Wildman–Crippen MR) is 83.1 cm³/mol. The van der Waals surface area contributed by atoms with Gasteiger partial charge >= 0.3 is 0 Å². The van der Waals surface area contributed by atoms with E-state index in [2.05, 4.69) is 21.7 Å². The van der Waals surface area contributed by atoms with E-state index in [4.69, 9.17) is 10.5 Å². The van der Waals surface area contributed by atoms with Crippen LogP contribution in [0.1, 0.15) is 33.0 Å². The predicted octanol–water partition coefficient (Wildman–Crippen LogP) is 2.90. The number of nitrogens with two attached hydrogens (primary N) is 1. The van der Waals surface area contributed by atoms with Crippen LogP contribution in [-0.4, -0.2) is 20.9 Å². The molecule has 1 aliphatic rings. The van der Waals surface area contributed by atoms with Gasteiger partial charge in [-0.1, -0.05) is 6.92 Å². The Kier molecular flexibility index (Phi) is 3.57. The highest BCUT2D eigenvalue weighted by atomic mass is 16.5. The van der Waals surface area contributed by atoms with Crippen molar-refractivity contribution in [3.63, 3.8) is 0 Å². The number of aryl methyl sites for hydroxylation is 1. The summed E-state index contributed by atoms with van der Waals surface area (Å²) >= 11 is 0. The fraction of sp³-hybridized carbons (Fsp3) is 0.500. The van der Waals surface area contributed by atoms with Crippen molar-refractivity contribution >= 4 is 5.69 Å². The summed E-state index contributed by atoms with van der Waals surface area (Å²) < 4.78 is 7.89. The monoisotopic (exact) mass is 286 g/mol. The smallest absolute Gasteiger partial charge is 0.164 e. The quantitative estimate of drug-likeness (QED) is 0.881. The van der Waals surface area contributed by atoms with Gasteiger partial charge in [-0.15, -0.1) is 10.2 Å². The lowest BCUT2D eigenvalue weighted by Crippen LogP contribution is -2.18. The molecule has 1 atom stereocenters. The van der Waals surface area contributed by atoms with E-state index in [-0.39, 0.29) is 6.10 Å². The summed E-state index contributed by atoms with van der Waals surface area (Å²) in [5.41, 5.74) is 7.73. The molecule has 1 unspecified atom stereocenters. The zero-order valence-electron chi connectivity index (χ0n) is 12.8. The Balaban J connectivity index is 1.95. The molecule has 0 amide bonds. The second-order valence-corrected chi connectivity index (χ2v) is 6.11. The van der Waals surface area contributed by atoms with Gasteiger partial charge in [0, 0.05) is 18.5 Å². The van der Waals surface area contributed by atoms with Crippen LogP contribution in [0.15, 0.2) is 18.2 Å². The maximum Gasteiger partial charge on any atom is 0.164 e. The van der Waals surface area contributed by atoms with Gasteiger partial charge in [0.05, 0.1) is 11.8 Å². The molecule has 1 aromatic carbocycles. The third-order valence-corrected chi connectivity index (χ3v) is 3.81. The Morgan fingerprint density at radius 2 is 2.14 bits per heavy atom. The van der Waals surface area contributed by atoms with Gasteiger partial charge in [-0.25, -0.2) is 0 Å². The maximum absolute atomic E-state index is 6.10. The lowest BCUT2D eigenvalue weighted by molar-refractivity contribution is 0.244. The van der Waals surface area contributed by atoms with Crippen molar-refractivity contribution in [2.75, 3.05) is 5.73 Å². The Bertz CT molecular complexity index is 648. The first-order valence-corrected chi connectivity index (χ1v) is 7.53. The van der Waals surface area contributed by atoms with E-state index in [9.17, 15) is 0 Å². The fourth-order valence-corrected chi connectivity index (χ4v) is 2.75. The molecule has 0 aliphatic carbocycles. The second-order valence-electron chi connectivity index (χ2n) is 6.11. The van der Waals surface area contributed by atoms with Gasteiger partial charge in [-0.2, -0.15) is 0 Å². The summed E-state index contributed by atoms with van der Waals surface area (Å²) in [5, 5.41) is 8.66. The molecule has 0 saturated carbocycles. The lowest BCUT2D eigenvalue weighted by atomic mass is 10.0. The van der Waals surface area contributed by atoms with Crippen LogP contribution < -0.4 is 10.5 Å². The van der Waals surface area contributed by atoms with Crippen LogP contribution in [-0.2, 0) is 13.0 Å². The molecule has 2 aromatic rings. The zero-order valence-corrected chi connectivity index (χ0v) is 12.8. The Morgan fingerprint density at radius 3 is 2.86 bits per heavy atom. The van der Waals surface area contributed by atoms with Crippen LogP contribution >= 0.6 is 0 Å². The van der Waals surface area contributed by atoms with Gasteiger partial charge in [0.15, 0.2) is 5.82 Å². The topological polar surface area (TPSA) is 66.0 Å². The van der Waals surface area contributed by atoms with Crippen molar-refractivity contribution in [1.82, 2.24) is 14.8 Å². The second kappa shape index (κ2) is 5.39. The molecule has 5 heteroatoms. The fourth-order valence-electron chi connectivity index (χ4n) is 2.75. The highest BCUT2D eigenvalue weighted by Crippen LogP contribution is 2.30. The first-order chi connectivity index (χ1) is 10.0. The molecule has 5 nitrogen and oxygen atoms in total. The van der Waals surface area contributed by atoms with Gasteiger partial charge in [0.1, 0.15) is 11.6 Å². The van der Waals surface area contributed by atoms with Gasteiger partial charge in [0.25, 0.3) is 0 Å². The molecule has 1 aliphatic heterocycles. The highest BCUT2D eigenvalue weighted by molar-refractivity contribution is 5.66. The Hall–Kier alpha value is -2.04. The van der Waals surface area contributed by atoms with E-state index in [1.807, 2.05) is 32.0 Å². The molecular formula is C16H22N4O. The largest absolute Gasteiger partial charge is 0.489 e.